The molecular weight excluding hydrogens is 312 g/mol. The smallest absolute Gasteiger partial charge is 0.0915 e. The molecule has 0 bridgehead atoms. The average molecular weight is 333 g/mol. The van der Waals surface area contributed by atoms with Gasteiger partial charge in [0.1, 0.15) is 0 Å². The summed E-state index contributed by atoms with van der Waals surface area (Å²) in [4.78, 5) is 8.90. The Balaban J connectivity index is 2.00. The van der Waals surface area contributed by atoms with Gasteiger partial charge >= 0.3 is 0 Å². The van der Waals surface area contributed by atoms with Gasteiger partial charge in [-0.05, 0) is 55.5 Å². The van der Waals surface area contributed by atoms with Gasteiger partial charge < -0.3 is 0 Å². The Labute approximate surface area is 129 Å². The first-order chi connectivity index (χ1) is 9.81. The zero-order valence-electron chi connectivity index (χ0n) is 12.0. The van der Waals surface area contributed by atoms with Crippen LogP contribution in [0.5, 0.6) is 0 Å². The molecule has 0 aliphatic carbocycles. The number of aromatic nitrogens is 2. The van der Waals surface area contributed by atoms with Gasteiger partial charge in [0, 0.05) is 17.7 Å². The molecule has 0 amide bonds. The topological polar surface area (TPSA) is 25.8 Å². The van der Waals surface area contributed by atoms with E-state index < -0.39 is 0 Å². The third-order valence-electron chi connectivity index (χ3n) is 3.43. The number of alkyl halides is 1. The molecule has 0 fully saturated rings. The molecule has 0 unspecified atom stereocenters. The Morgan fingerprint density at radius 1 is 1.00 bits per heavy atom. The first-order valence-corrected chi connectivity index (χ1v) is 8.36. The molecule has 2 aromatic heterocycles. The normalized spacial score (nSPS) is 10.7. The molecule has 0 saturated heterocycles. The summed E-state index contributed by atoms with van der Waals surface area (Å²) < 4.78 is 0. The number of pyridine rings is 2. The molecule has 0 aliphatic rings. The standard InChI is InChI=1S/C17H21BrN2/c1-14-7-6-11-20-17(14)16-13-15(9-12-19-16)8-4-2-3-5-10-18/h6-7,9,11-13H,2-5,8,10H2,1H3. The molecule has 20 heavy (non-hydrogen) atoms. The third kappa shape index (κ3) is 4.41. The van der Waals surface area contributed by atoms with Crippen LogP contribution >= 0.6 is 15.9 Å². The molecule has 106 valence electrons. The van der Waals surface area contributed by atoms with Gasteiger partial charge in [-0.3, -0.25) is 9.97 Å². The highest BCUT2D eigenvalue weighted by Gasteiger charge is 2.05. The van der Waals surface area contributed by atoms with Gasteiger partial charge in [0.25, 0.3) is 0 Å². The molecule has 0 aromatic carbocycles. The van der Waals surface area contributed by atoms with Crippen molar-refractivity contribution in [2.45, 2.75) is 39.0 Å². The predicted octanol–water partition coefficient (Wildman–Crippen LogP) is 4.95. The Kier molecular flexibility index (Phi) is 6.19. The molecule has 0 N–H and O–H groups in total. The summed E-state index contributed by atoms with van der Waals surface area (Å²) in [5.74, 6) is 0. The van der Waals surface area contributed by atoms with E-state index in [1.165, 1.54) is 36.8 Å². The van der Waals surface area contributed by atoms with Crippen LogP contribution in [0.2, 0.25) is 0 Å². The number of unbranched alkanes of at least 4 members (excludes halogenated alkanes) is 3. The first kappa shape index (κ1) is 15.2. The number of halogens is 1. The summed E-state index contributed by atoms with van der Waals surface area (Å²) in [5, 5.41) is 1.12. The SMILES string of the molecule is Cc1cccnc1-c1cc(CCCCCCBr)ccn1. The van der Waals surface area contributed by atoms with Gasteiger partial charge in [-0.25, -0.2) is 0 Å². The van der Waals surface area contributed by atoms with Crippen LogP contribution in [-0.2, 0) is 6.42 Å². The number of aryl methyl sites for hydroxylation is 2. The van der Waals surface area contributed by atoms with Crippen molar-refractivity contribution in [1.82, 2.24) is 9.97 Å². The van der Waals surface area contributed by atoms with Crippen molar-refractivity contribution in [2.24, 2.45) is 0 Å². The van der Waals surface area contributed by atoms with Gasteiger partial charge in [0.15, 0.2) is 0 Å². The summed E-state index contributed by atoms with van der Waals surface area (Å²) in [6, 6.07) is 8.34. The molecule has 2 heterocycles. The molecule has 3 heteroatoms. The van der Waals surface area contributed by atoms with Crippen molar-refractivity contribution in [3.8, 4) is 11.4 Å². The minimum Gasteiger partial charge on any atom is -0.255 e. The predicted molar refractivity (Wildman–Crippen MR) is 88.2 cm³/mol. The second-order valence-corrected chi connectivity index (χ2v) is 5.86. The van der Waals surface area contributed by atoms with E-state index in [0.717, 1.165) is 23.1 Å². The summed E-state index contributed by atoms with van der Waals surface area (Å²) >= 11 is 3.47. The number of hydrogen-bond donors (Lipinski definition) is 0. The maximum absolute atomic E-state index is 4.46. The summed E-state index contributed by atoms with van der Waals surface area (Å²) in [6.45, 7) is 2.08. The lowest BCUT2D eigenvalue weighted by Gasteiger charge is -2.06. The molecule has 0 spiro atoms. The number of nitrogens with zero attached hydrogens (tertiary/aromatic N) is 2. The van der Waals surface area contributed by atoms with Crippen LogP contribution in [0.4, 0.5) is 0 Å². The van der Waals surface area contributed by atoms with Crippen molar-refractivity contribution in [2.75, 3.05) is 5.33 Å². The maximum Gasteiger partial charge on any atom is 0.0915 e. The number of hydrogen-bond acceptors (Lipinski definition) is 2. The highest BCUT2D eigenvalue weighted by atomic mass is 79.9. The fraction of sp³-hybridized carbons (Fsp3) is 0.412. The lowest BCUT2D eigenvalue weighted by Crippen LogP contribution is -1.93. The van der Waals surface area contributed by atoms with Gasteiger partial charge in [-0.1, -0.05) is 34.8 Å². The Morgan fingerprint density at radius 2 is 1.85 bits per heavy atom. The second kappa shape index (κ2) is 8.15. The van der Waals surface area contributed by atoms with E-state index in [-0.39, 0.29) is 0 Å². The van der Waals surface area contributed by atoms with Gasteiger partial charge in [0.05, 0.1) is 11.4 Å². The maximum atomic E-state index is 4.46. The molecule has 2 rings (SSSR count). The van der Waals surface area contributed by atoms with Crippen LogP contribution in [-0.4, -0.2) is 15.3 Å². The van der Waals surface area contributed by atoms with E-state index in [2.05, 4.69) is 51.0 Å². The Bertz CT molecular complexity index is 540. The number of rotatable bonds is 7. The second-order valence-electron chi connectivity index (χ2n) is 5.07. The molecule has 2 aromatic rings. The van der Waals surface area contributed by atoms with Crippen molar-refractivity contribution in [1.29, 1.82) is 0 Å². The quantitative estimate of drug-likeness (QED) is 0.529. The third-order valence-corrected chi connectivity index (χ3v) is 3.99. The minimum atomic E-state index is 0.987. The fourth-order valence-electron chi connectivity index (χ4n) is 2.29. The lowest BCUT2D eigenvalue weighted by molar-refractivity contribution is 0.671. The van der Waals surface area contributed by atoms with Crippen molar-refractivity contribution in [3.63, 3.8) is 0 Å². The summed E-state index contributed by atoms with van der Waals surface area (Å²) in [6.07, 6.45) is 9.98. The van der Waals surface area contributed by atoms with Crippen LogP contribution in [0.3, 0.4) is 0 Å². The highest BCUT2D eigenvalue weighted by Crippen LogP contribution is 2.20. The fourth-order valence-corrected chi connectivity index (χ4v) is 2.69. The van der Waals surface area contributed by atoms with Crippen LogP contribution < -0.4 is 0 Å². The van der Waals surface area contributed by atoms with E-state index in [4.69, 9.17) is 0 Å². The van der Waals surface area contributed by atoms with E-state index in [0.29, 0.717) is 0 Å². The zero-order chi connectivity index (χ0) is 14.2. The minimum absolute atomic E-state index is 0.987. The van der Waals surface area contributed by atoms with Gasteiger partial charge in [0.2, 0.25) is 0 Å². The van der Waals surface area contributed by atoms with E-state index in [1.54, 1.807) is 0 Å². The first-order valence-electron chi connectivity index (χ1n) is 7.24. The summed E-state index contributed by atoms with van der Waals surface area (Å²) in [5.41, 5.74) is 4.52. The molecular formula is C17H21BrN2. The summed E-state index contributed by atoms with van der Waals surface area (Å²) in [7, 11) is 0. The van der Waals surface area contributed by atoms with Crippen LogP contribution in [0.15, 0.2) is 36.7 Å². The van der Waals surface area contributed by atoms with Crippen molar-refractivity contribution < 1.29 is 0 Å². The zero-order valence-corrected chi connectivity index (χ0v) is 13.6. The van der Waals surface area contributed by atoms with Crippen molar-refractivity contribution in [3.05, 3.63) is 47.8 Å². The molecule has 0 saturated carbocycles. The highest BCUT2D eigenvalue weighted by molar-refractivity contribution is 9.09. The van der Waals surface area contributed by atoms with Gasteiger partial charge in [-0.2, -0.15) is 0 Å². The lowest BCUT2D eigenvalue weighted by atomic mass is 10.0. The average Bonchev–Trinajstić information content (AvgIpc) is 2.48. The monoisotopic (exact) mass is 332 g/mol. The molecule has 2 nitrogen and oxygen atoms in total. The molecule has 0 radical (unpaired) electrons. The largest absolute Gasteiger partial charge is 0.255 e. The van der Waals surface area contributed by atoms with Crippen LogP contribution in [0, 0.1) is 6.92 Å². The molecule has 0 aliphatic heterocycles. The molecule has 0 atom stereocenters. The van der Waals surface area contributed by atoms with Crippen molar-refractivity contribution >= 4 is 15.9 Å². The van der Waals surface area contributed by atoms with Gasteiger partial charge in [-0.15, -0.1) is 0 Å². The van der Waals surface area contributed by atoms with E-state index in [1.807, 2.05) is 18.5 Å². The van der Waals surface area contributed by atoms with E-state index in [9.17, 15) is 0 Å². The Hall–Kier alpha value is -1.22. The van der Waals surface area contributed by atoms with E-state index >= 15 is 0 Å². The van der Waals surface area contributed by atoms with Crippen LogP contribution in [0.25, 0.3) is 11.4 Å². The van der Waals surface area contributed by atoms with Crippen LogP contribution in [0.1, 0.15) is 36.8 Å². The Morgan fingerprint density at radius 3 is 2.65 bits per heavy atom.